The largest absolute Gasteiger partial charge is 0.455 e. The summed E-state index contributed by atoms with van der Waals surface area (Å²) in [6, 6.07) is 16.5. The molecule has 37 heavy (non-hydrogen) atoms. The summed E-state index contributed by atoms with van der Waals surface area (Å²) in [4.78, 5) is 17.7. The summed E-state index contributed by atoms with van der Waals surface area (Å²) in [5, 5.41) is 3.66. The van der Waals surface area contributed by atoms with Gasteiger partial charge in [0.2, 0.25) is 0 Å². The van der Waals surface area contributed by atoms with Crippen LogP contribution in [0.25, 0.3) is 33.6 Å². The number of hydrogen-bond donors (Lipinski definition) is 1. The Balaban J connectivity index is 1.67. The van der Waals surface area contributed by atoms with Crippen molar-refractivity contribution in [2.45, 2.75) is 26.8 Å². The van der Waals surface area contributed by atoms with Crippen molar-refractivity contribution in [3.05, 3.63) is 117 Å². The Kier molecular flexibility index (Phi) is 6.29. The number of benzene rings is 3. The number of aromatic nitrogens is 1. The predicted octanol–water partition coefficient (Wildman–Crippen LogP) is 7.73. The van der Waals surface area contributed by atoms with Gasteiger partial charge < -0.3 is 9.73 Å². The molecule has 186 valence electrons. The van der Waals surface area contributed by atoms with Crippen LogP contribution in [0.5, 0.6) is 0 Å². The van der Waals surface area contributed by atoms with E-state index in [1.165, 1.54) is 19.1 Å². The van der Waals surface area contributed by atoms with Crippen molar-refractivity contribution in [1.82, 2.24) is 4.98 Å². The third-order valence-corrected chi connectivity index (χ3v) is 6.36. The molecule has 0 aliphatic heterocycles. The van der Waals surface area contributed by atoms with Gasteiger partial charge in [-0.2, -0.15) is 0 Å². The van der Waals surface area contributed by atoms with E-state index in [0.29, 0.717) is 27.9 Å². The quantitative estimate of drug-likeness (QED) is 0.268. The van der Waals surface area contributed by atoms with Crippen LogP contribution in [-0.2, 0) is 0 Å². The molecule has 0 radical (unpaired) electrons. The van der Waals surface area contributed by atoms with Gasteiger partial charge in [-0.1, -0.05) is 24.3 Å². The second-order valence-corrected chi connectivity index (χ2v) is 8.96. The second-order valence-electron chi connectivity index (χ2n) is 8.96. The van der Waals surface area contributed by atoms with E-state index in [9.17, 15) is 18.0 Å². The summed E-state index contributed by atoms with van der Waals surface area (Å²) in [5.74, 6) is -2.21. The first-order valence-corrected chi connectivity index (χ1v) is 11.7. The molecule has 4 nitrogen and oxygen atoms in total. The lowest BCUT2D eigenvalue weighted by molar-refractivity contribution is 0.557. The van der Waals surface area contributed by atoms with Crippen LogP contribution in [0.15, 0.2) is 82.1 Å². The van der Waals surface area contributed by atoms with Gasteiger partial charge in [0.1, 0.15) is 28.8 Å². The number of pyridine rings is 1. The van der Waals surface area contributed by atoms with Crippen LogP contribution < -0.4 is 10.7 Å². The van der Waals surface area contributed by atoms with E-state index in [2.05, 4.69) is 10.3 Å². The first-order valence-electron chi connectivity index (χ1n) is 11.7. The van der Waals surface area contributed by atoms with E-state index in [1.807, 2.05) is 19.9 Å². The fraction of sp³-hybridized carbons (Fsp3) is 0.133. The third kappa shape index (κ3) is 4.37. The highest BCUT2D eigenvalue weighted by atomic mass is 19.1. The Morgan fingerprint density at radius 3 is 2.32 bits per heavy atom. The molecule has 0 fully saturated rings. The van der Waals surface area contributed by atoms with E-state index in [4.69, 9.17) is 4.42 Å². The van der Waals surface area contributed by atoms with Gasteiger partial charge in [-0.05, 0) is 68.8 Å². The topological polar surface area (TPSA) is 55.1 Å². The highest BCUT2D eigenvalue weighted by molar-refractivity contribution is 5.85. The standard InChI is InChI=1S/C30H23F3N2O2/c1-16-14-20(18(3)35-25-12-7-13-34-27(25)19-8-4-5-9-22(19)31)30-21(15-16)28(36)17(2)29(37-30)26-23(32)10-6-11-24(26)33/h4-15,18,35H,1-3H3/t18-/m1/s1. The monoisotopic (exact) mass is 500 g/mol. The molecule has 0 bridgehead atoms. The van der Waals surface area contributed by atoms with Gasteiger partial charge in [-0.25, -0.2) is 13.2 Å². The van der Waals surface area contributed by atoms with E-state index in [-0.39, 0.29) is 27.9 Å². The van der Waals surface area contributed by atoms with Crippen LogP contribution in [0.2, 0.25) is 0 Å². The summed E-state index contributed by atoms with van der Waals surface area (Å²) in [7, 11) is 0. The van der Waals surface area contributed by atoms with Crippen LogP contribution in [0.1, 0.15) is 29.7 Å². The van der Waals surface area contributed by atoms with E-state index in [0.717, 1.165) is 17.7 Å². The molecule has 0 unspecified atom stereocenters. The Bertz CT molecular complexity index is 1690. The summed E-state index contributed by atoms with van der Waals surface area (Å²) >= 11 is 0. The van der Waals surface area contributed by atoms with E-state index >= 15 is 0 Å². The molecule has 0 spiro atoms. The minimum Gasteiger partial charge on any atom is -0.455 e. The van der Waals surface area contributed by atoms with Crippen molar-refractivity contribution in [3.63, 3.8) is 0 Å². The van der Waals surface area contributed by atoms with Crippen LogP contribution in [0.3, 0.4) is 0 Å². The van der Waals surface area contributed by atoms with Gasteiger partial charge >= 0.3 is 0 Å². The van der Waals surface area contributed by atoms with Gasteiger partial charge in [-0.3, -0.25) is 9.78 Å². The molecule has 0 amide bonds. The molecule has 5 aromatic rings. The summed E-state index contributed by atoms with van der Waals surface area (Å²) in [5.41, 5.74) is 2.33. The molecule has 0 saturated carbocycles. The Hall–Kier alpha value is -4.39. The second kappa shape index (κ2) is 9.58. The predicted molar refractivity (Wildman–Crippen MR) is 139 cm³/mol. The smallest absolute Gasteiger partial charge is 0.196 e. The fourth-order valence-electron chi connectivity index (χ4n) is 4.54. The number of halogens is 3. The first-order chi connectivity index (χ1) is 17.8. The lowest BCUT2D eigenvalue weighted by Gasteiger charge is -2.20. The van der Waals surface area contributed by atoms with Crippen molar-refractivity contribution >= 4 is 16.7 Å². The molecule has 0 aliphatic rings. The maximum Gasteiger partial charge on any atom is 0.196 e. The van der Waals surface area contributed by atoms with E-state index in [1.54, 1.807) is 42.6 Å². The number of hydrogen-bond acceptors (Lipinski definition) is 4. The van der Waals surface area contributed by atoms with Crippen LogP contribution in [0, 0.1) is 31.3 Å². The maximum absolute atomic E-state index is 14.6. The number of rotatable bonds is 5. The van der Waals surface area contributed by atoms with Gasteiger partial charge in [0.05, 0.1) is 28.4 Å². The third-order valence-electron chi connectivity index (χ3n) is 6.36. The molecule has 7 heteroatoms. The van der Waals surface area contributed by atoms with Gasteiger partial charge in [-0.15, -0.1) is 0 Å². The molecule has 2 heterocycles. The van der Waals surface area contributed by atoms with Crippen molar-refractivity contribution in [2.24, 2.45) is 0 Å². The Morgan fingerprint density at radius 2 is 1.59 bits per heavy atom. The lowest BCUT2D eigenvalue weighted by atomic mass is 9.98. The molecule has 3 aromatic carbocycles. The zero-order valence-corrected chi connectivity index (χ0v) is 20.4. The minimum absolute atomic E-state index is 0.114. The number of anilines is 1. The van der Waals surface area contributed by atoms with Crippen molar-refractivity contribution in [3.8, 4) is 22.6 Å². The number of fused-ring (bicyclic) bond motifs is 1. The minimum atomic E-state index is -0.824. The van der Waals surface area contributed by atoms with Gasteiger partial charge in [0, 0.05) is 22.9 Å². The molecule has 0 saturated heterocycles. The average Bonchev–Trinajstić information content (AvgIpc) is 2.87. The normalized spacial score (nSPS) is 12.1. The van der Waals surface area contributed by atoms with Crippen LogP contribution in [-0.4, -0.2) is 4.98 Å². The average molecular weight is 501 g/mol. The fourth-order valence-corrected chi connectivity index (χ4v) is 4.54. The maximum atomic E-state index is 14.6. The molecular formula is C30H23F3N2O2. The highest BCUT2D eigenvalue weighted by Gasteiger charge is 2.23. The van der Waals surface area contributed by atoms with Gasteiger partial charge in [0.25, 0.3) is 0 Å². The van der Waals surface area contributed by atoms with Crippen LogP contribution in [0.4, 0.5) is 18.9 Å². The Morgan fingerprint density at radius 1 is 0.892 bits per heavy atom. The first kappa shape index (κ1) is 24.3. The molecule has 5 rings (SSSR count). The molecule has 1 atom stereocenters. The van der Waals surface area contributed by atoms with Crippen LogP contribution >= 0.6 is 0 Å². The highest BCUT2D eigenvalue weighted by Crippen LogP contribution is 2.35. The summed E-state index contributed by atoms with van der Waals surface area (Å²) in [6.45, 7) is 5.20. The number of nitrogens with zero attached hydrogens (tertiary/aromatic N) is 1. The van der Waals surface area contributed by atoms with Crippen molar-refractivity contribution in [1.29, 1.82) is 0 Å². The van der Waals surface area contributed by atoms with Gasteiger partial charge in [0.15, 0.2) is 5.43 Å². The Labute approximate surface area is 211 Å². The lowest BCUT2D eigenvalue weighted by Crippen LogP contribution is -2.13. The molecular weight excluding hydrogens is 477 g/mol. The van der Waals surface area contributed by atoms with E-state index < -0.39 is 23.5 Å². The SMILES string of the molecule is Cc1cc([C@@H](C)Nc2cccnc2-c2ccccc2F)c2oc(-c3c(F)cccc3F)c(C)c(=O)c2c1. The summed E-state index contributed by atoms with van der Waals surface area (Å²) in [6.07, 6.45) is 1.58. The van der Waals surface area contributed by atoms with Crippen molar-refractivity contribution in [2.75, 3.05) is 5.32 Å². The zero-order valence-electron chi connectivity index (χ0n) is 20.4. The summed E-state index contributed by atoms with van der Waals surface area (Å²) < 4.78 is 49.9. The molecule has 0 aliphatic carbocycles. The zero-order chi connectivity index (χ0) is 26.3. The number of aryl methyl sites for hydroxylation is 1. The van der Waals surface area contributed by atoms with Crippen molar-refractivity contribution < 1.29 is 17.6 Å². The number of nitrogens with one attached hydrogen (secondary N) is 1. The molecule has 2 aromatic heterocycles. The molecule has 1 N–H and O–H groups in total.